The van der Waals surface area contributed by atoms with Crippen molar-refractivity contribution in [2.24, 2.45) is 0 Å². The average Bonchev–Trinajstić information content (AvgIpc) is 2.78. The van der Waals surface area contributed by atoms with Crippen molar-refractivity contribution >= 4 is 5.97 Å². The van der Waals surface area contributed by atoms with Gasteiger partial charge < -0.3 is 14.6 Å². The molecule has 1 aliphatic carbocycles. The van der Waals surface area contributed by atoms with Crippen molar-refractivity contribution in [1.29, 1.82) is 0 Å². The van der Waals surface area contributed by atoms with Crippen LogP contribution in [0.1, 0.15) is 25.7 Å². The number of hydrogen-bond donors (Lipinski definition) is 2. The summed E-state index contributed by atoms with van der Waals surface area (Å²) in [5.41, 5.74) is -0.721. The smallest absolute Gasteiger partial charge is 0.323 e. The minimum absolute atomic E-state index is 0.00873. The molecule has 1 aliphatic heterocycles. The van der Waals surface area contributed by atoms with Gasteiger partial charge in [-0.25, -0.2) is 0 Å². The van der Waals surface area contributed by atoms with Gasteiger partial charge in [-0.1, -0.05) is 12.8 Å². The molecule has 0 aromatic heterocycles. The van der Waals surface area contributed by atoms with Gasteiger partial charge in [0.25, 0.3) is 0 Å². The third-order valence-corrected chi connectivity index (χ3v) is 3.42. The Labute approximate surface area is 95.1 Å². The van der Waals surface area contributed by atoms with Crippen molar-refractivity contribution < 1.29 is 19.4 Å². The van der Waals surface area contributed by atoms with Gasteiger partial charge in [0.2, 0.25) is 0 Å². The lowest BCUT2D eigenvalue weighted by molar-refractivity contribution is -0.145. The van der Waals surface area contributed by atoms with Gasteiger partial charge in [-0.3, -0.25) is 10.1 Å². The van der Waals surface area contributed by atoms with E-state index in [1.165, 1.54) is 0 Å². The minimum Gasteiger partial charge on any atom is -0.480 e. The first kappa shape index (κ1) is 11.8. The number of aliphatic carboxylic acids is 1. The molecular weight excluding hydrogens is 210 g/mol. The van der Waals surface area contributed by atoms with E-state index in [0.29, 0.717) is 26.4 Å². The minimum atomic E-state index is -0.735. The van der Waals surface area contributed by atoms with E-state index in [2.05, 4.69) is 5.32 Å². The summed E-state index contributed by atoms with van der Waals surface area (Å²) in [7, 11) is 0. The number of ether oxygens (including phenoxy) is 2. The van der Waals surface area contributed by atoms with Gasteiger partial charge in [0.05, 0.1) is 25.9 Å². The van der Waals surface area contributed by atoms with E-state index in [-0.39, 0.29) is 6.10 Å². The molecule has 1 unspecified atom stereocenters. The summed E-state index contributed by atoms with van der Waals surface area (Å²) in [5.74, 6) is -0.735. The molecule has 16 heavy (non-hydrogen) atoms. The van der Waals surface area contributed by atoms with Gasteiger partial charge in [0.15, 0.2) is 0 Å². The van der Waals surface area contributed by atoms with E-state index >= 15 is 0 Å². The zero-order valence-corrected chi connectivity index (χ0v) is 9.41. The predicted molar refractivity (Wildman–Crippen MR) is 57.4 cm³/mol. The highest BCUT2D eigenvalue weighted by molar-refractivity contribution is 5.79. The van der Waals surface area contributed by atoms with E-state index in [4.69, 9.17) is 9.47 Å². The number of nitrogens with one attached hydrogen (secondary N) is 1. The number of rotatable bonds is 4. The topological polar surface area (TPSA) is 67.8 Å². The van der Waals surface area contributed by atoms with Crippen molar-refractivity contribution in [2.45, 2.75) is 37.3 Å². The van der Waals surface area contributed by atoms with E-state index in [1.54, 1.807) is 0 Å². The molecule has 0 spiro atoms. The van der Waals surface area contributed by atoms with Crippen LogP contribution in [0.15, 0.2) is 0 Å². The molecule has 1 atom stereocenters. The average molecular weight is 229 g/mol. The zero-order valence-electron chi connectivity index (χ0n) is 9.41. The Morgan fingerprint density at radius 3 is 2.69 bits per heavy atom. The molecule has 0 aromatic carbocycles. The van der Waals surface area contributed by atoms with Crippen LogP contribution in [0.4, 0.5) is 0 Å². The Morgan fingerprint density at radius 2 is 2.12 bits per heavy atom. The van der Waals surface area contributed by atoms with Crippen LogP contribution in [0.25, 0.3) is 0 Å². The summed E-state index contributed by atoms with van der Waals surface area (Å²) in [6.07, 6.45) is 3.40. The summed E-state index contributed by atoms with van der Waals surface area (Å²) < 4.78 is 10.8. The zero-order chi connectivity index (χ0) is 11.4. The molecule has 2 aliphatic rings. The fourth-order valence-corrected chi connectivity index (χ4v) is 2.41. The van der Waals surface area contributed by atoms with Gasteiger partial charge in [-0.15, -0.1) is 0 Å². The summed E-state index contributed by atoms with van der Waals surface area (Å²) in [6.45, 7) is 2.36. The van der Waals surface area contributed by atoms with Crippen LogP contribution in [0.2, 0.25) is 0 Å². The maximum atomic E-state index is 11.3. The molecule has 0 amide bonds. The Hall–Kier alpha value is -0.650. The fraction of sp³-hybridized carbons (Fsp3) is 0.909. The highest BCUT2D eigenvalue weighted by atomic mass is 16.6. The third-order valence-electron chi connectivity index (χ3n) is 3.42. The Morgan fingerprint density at radius 1 is 1.38 bits per heavy atom. The maximum absolute atomic E-state index is 11.3. The second-order valence-corrected chi connectivity index (χ2v) is 4.54. The Kier molecular flexibility index (Phi) is 3.78. The molecule has 1 saturated carbocycles. The van der Waals surface area contributed by atoms with Crippen molar-refractivity contribution in [3.05, 3.63) is 0 Å². The molecule has 92 valence electrons. The molecule has 5 heteroatoms. The Bertz CT molecular complexity index is 244. The van der Waals surface area contributed by atoms with E-state index < -0.39 is 11.5 Å². The van der Waals surface area contributed by atoms with Crippen LogP contribution in [0.5, 0.6) is 0 Å². The van der Waals surface area contributed by atoms with Crippen LogP contribution < -0.4 is 5.32 Å². The molecule has 1 saturated heterocycles. The van der Waals surface area contributed by atoms with Gasteiger partial charge >= 0.3 is 5.97 Å². The van der Waals surface area contributed by atoms with Gasteiger partial charge in [0.1, 0.15) is 5.54 Å². The second-order valence-electron chi connectivity index (χ2n) is 4.54. The molecular formula is C11H19NO4. The maximum Gasteiger partial charge on any atom is 0.323 e. The van der Waals surface area contributed by atoms with Crippen molar-refractivity contribution in [3.8, 4) is 0 Å². The van der Waals surface area contributed by atoms with Gasteiger partial charge in [-0.05, 0) is 12.8 Å². The molecule has 2 N–H and O–H groups in total. The normalized spacial score (nSPS) is 29.1. The highest BCUT2D eigenvalue weighted by Crippen LogP contribution is 2.29. The molecule has 5 nitrogen and oxygen atoms in total. The lowest BCUT2D eigenvalue weighted by Gasteiger charge is -2.30. The van der Waals surface area contributed by atoms with Crippen LogP contribution in [0, 0.1) is 0 Å². The molecule has 0 bridgehead atoms. The molecule has 2 fully saturated rings. The van der Waals surface area contributed by atoms with Crippen LogP contribution >= 0.6 is 0 Å². The number of carbonyl (C=O) groups is 1. The Balaban J connectivity index is 1.84. The van der Waals surface area contributed by atoms with Crippen molar-refractivity contribution in [2.75, 3.05) is 26.4 Å². The van der Waals surface area contributed by atoms with Gasteiger partial charge in [-0.2, -0.15) is 0 Å². The molecule has 0 aromatic rings. The lowest BCUT2D eigenvalue weighted by Crippen LogP contribution is -2.53. The summed E-state index contributed by atoms with van der Waals surface area (Å²) in [5, 5.41) is 12.4. The largest absolute Gasteiger partial charge is 0.480 e. The van der Waals surface area contributed by atoms with Crippen molar-refractivity contribution in [3.63, 3.8) is 0 Å². The number of carboxylic acid groups (broad SMARTS) is 1. The molecule has 0 radical (unpaired) electrons. The molecule has 2 rings (SSSR count). The van der Waals surface area contributed by atoms with E-state index in [1.807, 2.05) is 0 Å². The van der Waals surface area contributed by atoms with E-state index in [9.17, 15) is 9.90 Å². The first-order chi connectivity index (χ1) is 7.73. The third kappa shape index (κ3) is 2.53. The first-order valence-corrected chi connectivity index (χ1v) is 5.91. The summed E-state index contributed by atoms with van der Waals surface area (Å²) >= 11 is 0. The first-order valence-electron chi connectivity index (χ1n) is 5.91. The van der Waals surface area contributed by atoms with Gasteiger partial charge in [0, 0.05) is 6.54 Å². The van der Waals surface area contributed by atoms with Crippen LogP contribution in [0.3, 0.4) is 0 Å². The SMILES string of the molecule is O=C(O)C1(NCC2COCCO2)CCCC1. The number of hydrogen-bond acceptors (Lipinski definition) is 4. The summed E-state index contributed by atoms with van der Waals surface area (Å²) in [4.78, 5) is 11.3. The van der Waals surface area contributed by atoms with Crippen molar-refractivity contribution in [1.82, 2.24) is 5.32 Å². The van der Waals surface area contributed by atoms with Crippen LogP contribution in [-0.4, -0.2) is 49.1 Å². The molecule has 1 heterocycles. The number of carboxylic acids is 1. The lowest BCUT2D eigenvalue weighted by atomic mass is 9.97. The quantitative estimate of drug-likeness (QED) is 0.730. The predicted octanol–water partition coefficient (Wildman–Crippen LogP) is 0.389. The van der Waals surface area contributed by atoms with E-state index in [0.717, 1.165) is 25.7 Å². The second kappa shape index (κ2) is 5.12. The summed E-state index contributed by atoms with van der Waals surface area (Å²) in [6, 6.07) is 0. The highest BCUT2D eigenvalue weighted by Gasteiger charge is 2.41. The van der Waals surface area contributed by atoms with Crippen LogP contribution in [-0.2, 0) is 14.3 Å². The monoisotopic (exact) mass is 229 g/mol. The fourth-order valence-electron chi connectivity index (χ4n) is 2.41. The standard InChI is InChI=1S/C11H19NO4/c13-10(14)11(3-1-2-4-11)12-7-9-8-15-5-6-16-9/h9,12H,1-8H2,(H,13,14).